The number of aromatic amines is 1. The fraction of sp³-hybridized carbons (Fsp3) is 0.379. The predicted molar refractivity (Wildman–Crippen MR) is 154 cm³/mol. The molecule has 10 heteroatoms. The Labute approximate surface area is 231 Å². The maximum absolute atomic E-state index is 12.9. The first-order chi connectivity index (χ1) is 19.0. The number of piperidine rings is 1. The van der Waals surface area contributed by atoms with Gasteiger partial charge in [-0.25, -0.2) is 9.97 Å². The number of anilines is 1. The van der Waals surface area contributed by atoms with Crippen molar-refractivity contribution in [3.05, 3.63) is 59.8 Å². The summed E-state index contributed by atoms with van der Waals surface area (Å²) in [6.45, 7) is 4.26. The number of likely N-dealkylation sites (tertiary alicyclic amines) is 1. The number of rotatable bonds is 9. The molecule has 3 aromatic heterocycles. The number of nitrogens with zero attached hydrogens (tertiary/aromatic N) is 5. The van der Waals surface area contributed by atoms with Gasteiger partial charge in [0.25, 0.3) is 0 Å². The maximum Gasteiger partial charge on any atom is 0.246 e. The number of amides is 1. The zero-order chi connectivity index (χ0) is 26.8. The van der Waals surface area contributed by atoms with Crippen LogP contribution in [-0.4, -0.2) is 74.6 Å². The van der Waals surface area contributed by atoms with Crippen molar-refractivity contribution in [2.45, 2.75) is 44.7 Å². The number of ether oxygens (including phenoxy) is 1. The van der Waals surface area contributed by atoms with Crippen molar-refractivity contribution >= 4 is 34.1 Å². The summed E-state index contributed by atoms with van der Waals surface area (Å²) in [6, 6.07) is 10.6. The molecule has 39 heavy (non-hydrogen) atoms. The molecule has 0 unspecified atom stereocenters. The second kappa shape index (κ2) is 11.2. The highest BCUT2D eigenvalue weighted by atomic mass is 32.1. The Morgan fingerprint density at radius 3 is 3.00 bits per heavy atom. The molecular weight excluding hydrogens is 510 g/mol. The average molecular weight is 544 g/mol. The molecule has 1 aromatic carbocycles. The van der Waals surface area contributed by atoms with Crippen molar-refractivity contribution in [2.75, 3.05) is 32.0 Å². The number of aryl methyl sites for hydroxylation is 1. The molecule has 4 aromatic rings. The smallest absolute Gasteiger partial charge is 0.246 e. The van der Waals surface area contributed by atoms with Gasteiger partial charge in [0, 0.05) is 66.7 Å². The van der Waals surface area contributed by atoms with Gasteiger partial charge in [0.05, 0.1) is 0 Å². The molecule has 4 heterocycles. The molecule has 1 aliphatic carbocycles. The van der Waals surface area contributed by atoms with E-state index in [-0.39, 0.29) is 11.9 Å². The number of likely N-dealkylation sites (N-methyl/N-ethyl adjacent to an activating group) is 1. The van der Waals surface area contributed by atoms with Gasteiger partial charge >= 0.3 is 0 Å². The van der Waals surface area contributed by atoms with Crippen molar-refractivity contribution in [1.82, 2.24) is 30.0 Å². The van der Waals surface area contributed by atoms with E-state index in [1.165, 1.54) is 17.7 Å². The summed E-state index contributed by atoms with van der Waals surface area (Å²) in [5, 5.41) is 12.8. The van der Waals surface area contributed by atoms with E-state index in [0.29, 0.717) is 35.6 Å². The molecule has 1 saturated carbocycles. The van der Waals surface area contributed by atoms with Crippen LogP contribution in [0.3, 0.4) is 0 Å². The van der Waals surface area contributed by atoms with Crippen molar-refractivity contribution in [3.8, 4) is 22.1 Å². The van der Waals surface area contributed by atoms with Crippen molar-refractivity contribution < 1.29 is 9.53 Å². The fourth-order valence-corrected chi connectivity index (χ4v) is 5.76. The quantitative estimate of drug-likeness (QED) is 0.279. The van der Waals surface area contributed by atoms with E-state index in [0.717, 1.165) is 41.9 Å². The SMILES string of the molecule is Cc1cnc(-c2cccc(Oc3ccnc4[nH]nc(N[C@@H]5CCCN(C(=O)C=CCN(C)C6CC6)C5)c34)c2)s1. The van der Waals surface area contributed by atoms with Crippen molar-refractivity contribution in [1.29, 1.82) is 0 Å². The van der Waals surface area contributed by atoms with Crippen LogP contribution in [0, 0.1) is 6.92 Å². The lowest BCUT2D eigenvalue weighted by molar-refractivity contribution is -0.127. The summed E-state index contributed by atoms with van der Waals surface area (Å²) in [6.07, 6.45) is 11.7. The van der Waals surface area contributed by atoms with Gasteiger partial charge in [-0.2, -0.15) is 5.10 Å². The number of carbonyl (C=O) groups excluding carboxylic acids is 1. The predicted octanol–water partition coefficient (Wildman–Crippen LogP) is 5.24. The standard InChI is InChI=1S/C29H33N7O2S/c1-19-17-31-29(39-19)20-6-3-8-23(16-20)38-24-12-13-30-27-26(24)28(34-33-27)32-21-7-4-15-36(18-21)25(37)9-5-14-35(2)22-10-11-22/h3,5-6,8-9,12-13,16-17,21-22H,4,7,10-11,14-15,18H2,1-2H3,(H2,30,32,33,34)/t21-/m1/s1. The van der Waals surface area contributed by atoms with Gasteiger partial charge in [-0.1, -0.05) is 18.2 Å². The Kier molecular flexibility index (Phi) is 7.30. The van der Waals surface area contributed by atoms with Crippen LogP contribution < -0.4 is 10.1 Å². The molecule has 0 radical (unpaired) electrons. The highest BCUT2D eigenvalue weighted by Gasteiger charge is 2.26. The van der Waals surface area contributed by atoms with Crippen LogP contribution in [0.15, 0.2) is 54.9 Å². The van der Waals surface area contributed by atoms with Crippen molar-refractivity contribution in [3.63, 3.8) is 0 Å². The maximum atomic E-state index is 12.9. The molecule has 1 atom stereocenters. The second-order valence-corrected chi connectivity index (χ2v) is 11.6. The van der Waals surface area contributed by atoms with Gasteiger partial charge in [0.2, 0.25) is 5.91 Å². The van der Waals surface area contributed by atoms with Crippen molar-refractivity contribution in [2.24, 2.45) is 0 Å². The number of fused-ring (bicyclic) bond motifs is 1. The topological polar surface area (TPSA) is 99.3 Å². The number of pyridine rings is 1. The third-order valence-electron chi connectivity index (χ3n) is 7.25. The third kappa shape index (κ3) is 5.97. The first kappa shape index (κ1) is 25.5. The molecule has 202 valence electrons. The number of carbonyl (C=O) groups is 1. The molecule has 9 nitrogen and oxygen atoms in total. The lowest BCUT2D eigenvalue weighted by Gasteiger charge is -2.32. The van der Waals surface area contributed by atoms with Crippen LogP contribution >= 0.6 is 11.3 Å². The highest BCUT2D eigenvalue weighted by Crippen LogP contribution is 2.35. The van der Waals surface area contributed by atoms with Crippen LogP contribution in [0.4, 0.5) is 5.82 Å². The average Bonchev–Trinajstić information content (AvgIpc) is 3.59. The first-order valence-corrected chi connectivity index (χ1v) is 14.3. The van der Waals surface area contributed by atoms with E-state index in [4.69, 9.17) is 4.74 Å². The molecule has 2 fully saturated rings. The zero-order valence-corrected chi connectivity index (χ0v) is 23.1. The van der Waals surface area contributed by atoms with E-state index in [1.54, 1.807) is 23.6 Å². The lowest BCUT2D eigenvalue weighted by atomic mass is 10.1. The fourth-order valence-electron chi connectivity index (χ4n) is 5.00. The van der Waals surface area contributed by atoms with E-state index in [2.05, 4.69) is 44.4 Å². The highest BCUT2D eigenvalue weighted by molar-refractivity contribution is 7.14. The Bertz CT molecular complexity index is 1490. The number of nitrogens with one attached hydrogen (secondary N) is 2. The van der Waals surface area contributed by atoms with Crippen LogP contribution in [0.25, 0.3) is 21.6 Å². The monoisotopic (exact) mass is 543 g/mol. The molecule has 1 amide bonds. The normalized spacial score (nSPS) is 17.8. The van der Waals surface area contributed by atoms with Gasteiger partial charge < -0.3 is 15.0 Å². The minimum atomic E-state index is 0.0681. The third-order valence-corrected chi connectivity index (χ3v) is 8.21. The van der Waals surface area contributed by atoms with Crippen LogP contribution in [0.5, 0.6) is 11.5 Å². The number of H-pyrrole nitrogens is 1. The minimum Gasteiger partial charge on any atom is -0.456 e. The molecule has 1 aliphatic heterocycles. The number of hydrogen-bond donors (Lipinski definition) is 2. The Morgan fingerprint density at radius 1 is 1.28 bits per heavy atom. The van der Waals surface area contributed by atoms with Gasteiger partial charge in [-0.3, -0.25) is 14.8 Å². The molecule has 0 bridgehead atoms. The van der Waals surface area contributed by atoms with E-state index >= 15 is 0 Å². The summed E-state index contributed by atoms with van der Waals surface area (Å²) in [5.74, 6) is 2.13. The van der Waals surface area contributed by atoms with Gasteiger partial charge in [-0.15, -0.1) is 11.3 Å². The van der Waals surface area contributed by atoms with E-state index < -0.39 is 0 Å². The summed E-state index contributed by atoms with van der Waals surface area (Å²) in [7, 11) is 2.12. The summed E-state index contributed by atoms with van der Waals surface area (Å²) < 4.78 is 6.35. The number of aromatic nitrogens is 4. The number of hydrogen-bond acceptors (Lipinski definition) is 8. The Morgan fingerprint density at radius 2 is 2.18 bits per heavy atom. The zero-order valence-electron chi connectivity index (χ0n) is 22.3. The first-order valence-electron chi connectivity index (χ1n) is 13.5. The lowest BCUT2D eigenvalue weighted by Crippen LogP contribution is -2.44. The molecule has 2 N–H and O–H groups in total. The van der Waals surface area contributed by atoms with Gasteiger partial charge in [0.15, 0.2) is 11.5 Å². The Balaban J connectivity index is 1.15. The molecule has 2 aliphatic rings. The second-order valence-electron chi connectivity index (χ2n) is 10.4. The van der Waals surface area contributed by atoms with E-state index in [1.807, 2.05) is 47.5 Å². The summed E-state index contributed by atoms with van der Waals surface area (Å²) in [5.41, 5.74) is 1.66. The summed E-state index contributed by atoms with van der Waals surface area (Å²) >= 11 is 1.66. The van der Waals surface area contributed by atoms with Crippen LogP contribution in [0.2, 0.25) is 0 Å². The number of benzene rings is 1. The Hall–Kier alpha value is -3.76. The molecule has 6 rings (SSSR count). The van der Waals surface area contributed by atoms with E-state index in [9.17, 15) is 4.79 Å². The summed E-state index contributed by atoms with van der Waals surface area (Å²) in [4.78, 5) is 27.2. The largest absolute Gasteiger partial charge is 0.456 e. The van der Waals surface area contributed by atoms with Gasteiger partial charge in [0.1, 0.15) is 21.9 Å². The van der Waals surface area contributed by atoms with Crippen LogP contribution in [0.1, 0.15) is 30.6 Å². The molecule has 1 saturated heterocycles. The van der Waals surface area contributed by atoms with Gasteiger partial charge in [-0.05, 0) is 51.8 Å². The number of thiazole rings is 1. The molecular formula is C29H33N7O2S. The minimum absolute atomic E-state index is 0.0681. The van der Waals surface area contributed by atoms with Crippen LogP contribution in [-0.2, 0) is 4.79 Å². The molecule has 0 spiro atoms.